The zero-order valence-electron chi connectivity index (χ0n) is 10.6. The van der Waals surface area contributed by atoms with Gasteiger partial charge in [-0.05, 0) is 36.1 Å². The van der Waals surface area contributed by atoms with Gasteiger partial charge in [-0.15, -0.1) is 0 Å². The summed E-state index contributed by atoms with van der Waals surface area (Å²) in [7, 11) is 0. The van der Waals surface area contributed by atoms with Crippen molar-refractivity contribution in [3.8, 4) is 0 Å². The average molecular weight is 274 g/mol. The van der Waals surface area contributed by atoms with Crippen LogP contribution in [0.5, 0.6) is 0 Å². The molecule has 3 nitrogen and oxygen atoms in total. The number of hydrogen-bond donors (Lipinski definition) is 1. The van der Waals surface area contributed by atoms with Crippen molar-refractivity contribution < 1.29 is 0 Å². The van der Waals surface area contributed by atoms with Crippen LogP contribution in [-0.4, -0.2) is 11.5 Å². The Balaban J connectivity index is 2.04. The summed E-state index contributed by atoms with van der Waals surface area (Å²) in [4.78, 5) is 6.69. The maximum absolute atomic E-state index is 6.07. The number of benzene rings is 1. The zero-order chi connectivity index (χ0) is 13.2. The normalized spacial score (nSPS) is 14.3. The van der Waals surface area contributed by atoms with E-state index < -0.39 is 0 Å². The molecule has 0 amide bonds. The van der Waals surface area contributed by atoms with Gasteiger partial charge in [-0.3, -0.25) is 0 Å². The predicted molar refractivity (Wildman–Crippen MR) is 78.9 cm³/mol. The topological polar surface area (TPSA) is 42.1 Å². The lowest BCUT2D eigenvalue weighted by Gasteiger charge is -2.30. The van der Waals surface area contributed by atoms with Crippen molar-refractivity contribution in [2.24, 2.45) is 5.73 Å². The quantitative estimate of drug-likeness (QED) is 0.913. The van der Waals surface area contributed by atoms with Gasteiger partial charge in [0, 0.05) is 25.0 Å². The van der Waals surface area contributed by atoms with E-state index in [0.717, 1.165) is 30.8 Å². The molecule has 0 radical (unpaired) electrons. The van der Waals surface area contributed by atoms with E-state index in [0.29, 0.717) is 11.6 Å². The first kappa shape index (κ1) is 12.5. The van der Waals surface area contributed by atoms with Gasteiger partial charge >= 0.3 is 0 Å². The highest BCUT2D eigenvalue weighted by molar-refractivity contribution is 6.31. The fourth-order valence-electron chi connectivity index (χ4n) is 2.54. The molecule has 1 aromatic carbocycles. The number of nitrogens with zero attached hydrogens (tertiary/aromatic N) is 2. The van der Waals surface area contributed by atoms with E-state index >= 15 is 0 Å². The monoisotopic (exact) mass is 273 g/mol. The molecule has 98 valence electrons. The summed E-state index contributed by atoms with van der Waals surface area (Å²) in [5.74, 6) is 0.928. The fraction of sp³-hybridized carbons (Fsp3) is 0.267. The van der Waals surface area contributed by atoms with Crippen LogP contribution in [0.1, 0.15) is 17.5 Å². The molecular weight excluding hydrogens is 258 g/mol. The molecule has 0 bridgehead atoms. The molecule has 1 aliphatic heterocycles. The third-order valence-electron chi connectivity index (χ3n) is 3.53. The molecule has 1 aliphatic rings. The lowest BCUT2D eigenvalue weighted by Crippen LogP contribution is -2.25. The number of fused-ring (bicyclic) bond motifs is 1. The van der Waals surface area contributed by atoms with Gasteiger partial charge in [-0.25, -0.2) is 4.98 Å². The highest BCUT2D eigenvalue weighted by atomic mass is 35.5. The maximum Gasteiger partial charge on any atom is 0.133 e. The molecule has 0 saturated carbocycles. The summed E-state index contributed by atoms with van der Waals surface area (Å²) in [5.41, 5.74) is 9.27. The minimum Gasteiger partial charge on any atom is -0.326 e. The van der Waals surface area contributed by atoms with E-state index in [1.165, 1.54) is 11.3 Å². The number of nitrogens with two attached hydrogens (primary N) is 1. The second-order valence-electron chi connectivity index (χ2n) is 4.72. The van der Waals surface area contributed by atoms with Gasteiger partial charge in [-0.2, -0.15) is 0 Å². The SMILES string of the molecule is NCc1cc(N2CCCc3ccccc32)ncc1Cl. The lowest BCUT2D eigenvalue weighted by molar-refractivity contribution is 0.759. The number of para-hydroxylation sites is 1. The summed E-state index contributed by atoms with van der Waals surface area (Å²) >= 11 is 6.07. The Hall–Kier alpha value is -1.58. The molecule has 4 heteroatoms. The Kier molecular flexibility index (Phi) is 3.40. The average Bonchev–Trinajstić information content (AvgIpc) is 2.47. The van der Waals surface area contributed by atoms with E-state index in [-0.39, 0.29) is 0 Å². The van der Waals surface area contributed by atoms with E-state index in [4.69, 9.17) is 17.3 Å². The molecule has 0 unspecified atom stereocenters. The van der Waals surface area contributed by atoms with Crippen molar-refractivity contribution in [2.75, 3.05) is 11.4 Å². The van der Waals surface area contributed by atoms with Gasteiger partial charge in [0.15, 0.2) is 0 Å². The molecule has 2 N–H and O–H groups in total. The van der Waals surface area contributed by atoms with Crippen LogP contribution in [0, 0.1) is 0 Å². The van der Waals surface area contributed by atoms with Gasteiger partial charge in [0.05, 0.1) is 5.02 Å². The number of hydrogen-bond acceptors (Lipinski definition) is 3. The predicted octanol–water partition coefficient (Wildman–Crippen LogP) is 3.28. The van der Waals surface area contributed by atoms with Crippen LogP contribution < -0.4 is 10.6 Å². The van der Waals surface area contributed by atoms with Crippen molar-refractivity contribution in [1.29, 1.82) is 0 Å². The molecule has 0 saturated heterocycles. The van der Waals surface area contributed by atoms with Crippen LogP contribution in [-0.2, 0) is 13.0 Å². The maximum atomic E-state index is 6.07. The Bertz CT molecular complexity index is 598. The first-order valence-corrected chi connectivity index (χ1v) is 6.87. The summed E-state index contributed by atoms with van der Waals surface area (Å²) in [6.45, 7) is 1.42. The first-order chi connectivity index (χ1) is 9.29. The number of rotatable bonds is 2. The van der Waals surface area contributed by atoms with Crippen molar-refractivity contribution in [3.63, 3.8) is 0 Å². The van der Waals surface area contributed by atoms with Crippen LogP contribution in [0.25, 0.3) is 0 Å². The van der Waals surface area contributed by atoms with Crippen LogP contribution in [0.3, 0.4) is 0 Å². The van der Waals surface area contributed by atoms with Gasteiger partial charge in [0.1, 0.15) is 5.82 Å². The molecule has 0 fully saturated rings. The van der Waals surface area contributed by atoms with Crippen LogP contribution >= 0.6 is 11.6 Å². The van der Waals surface area contributed by atoms with Gasteiger partial charge < -0.3 is 10.6 Å². The van der Waals surface area contributed by atoms with Crippen molar-refractivity contribution in [3.05, 3.63) is 52.7 Å². The van der Waals surface area contributed by atoms with Crippen LogP contribution in [0.15, 0.2) is 36.5 Å². The third kappa shape index (κ3) is 2.31. The van der Waals surface area contributed by atoms with Crippen molar-refractivity contribution in [1.82, 2.24) is 4.98 Å². The molecule has 1 aromatic heterocycles. The van der Waals surface area contributed by atoms with Crippen LogP contribution in [0.4, 0.5) is 11.5 Å². The van der Waals surface area contributed by atoms with E-state index in [1.807, 2.05) is 6.07 Å². The highest BCUT2D eigenvalue weighted by Crippen LogP contribution is 2.33. The molecule has 0 spiro atoms. The summed E-state index contributed by atoms with van der Waals surface area (Å²) in [6.07, 6.45) is 3.96. The largest absolute Gasteiger partial charge is 0.326 e. The Labute approximate surface area is 118 Å². The smallest absolute Gasteiger partial charge is 0.133 e. The molecule has 19 heavy (non-hydrogen) atoms. The number of aryl methyl sites for hydroxylation is 1. The minimum atomic E-state index is 0.434. The molecular formula is C15H16ClN3. The van der Waals surface area contributed by atoms with E-state index in [1.54, 1.807) is 6.20 Å². The second kappa shape index (κ2) is 5.19. The van der Waals surface area contributed by atoms with Crippen LogP contribution in [0.2, 0.25) is 5.02 Å². The number of halogens is 1. The Morgan fingerprint density at radius 2 is 2.16 bits per heavy atom. The summed E-state index contributed by atoms with van der Waals surface area (Å²) in [6, 6.07) is 10.5. The minimum absolute atomic E-state index is 0.434. The van der Waals surface area contributed by atoms with Gasteiger partial charge in [-0.1, -0.05) is 29.8 Å². The number of aromatic nitrogens is 1. The Morgan fingerprint density at radius 1 is 1.32 bits per heavy atom. The summed E-state index contributed by atoms with van der Waals surface area (Å²) in [5, 5.41) is 0.636. The van der Waals surface area contributed by atoms with Crippen molar-refractivity contribution >= 4 is 23.1 Å². The number of pyridine rings is 1. The van der Waals surface area contributed by atoms with Gasteiger partial charge in [0.2, 0.25) is 0 Å². The molecule has 0 atom stereocenters. The lowest BCUT2D eigenvalue weighted by atomic mass is 10.0. The Morgan fingerprint density at radius 3 is 3.00 bits per heavy atom. The fourth-order valence-corrected chi connectivity index (χ4v) is 2.72. The van der Waals surface area contributed by atoms with Crippen molar-refractivity contribution in [2.45, 2.75) is 19.4 Å². The first-order valence-electron chi connectivity index (χ1n) is 6.49. The third-order valence-corrected chi connectivity index (χ3v) is 3.87. The van der Waals surface area contributed by atoms with Gasteiger partial charge in [0.25, 0.3) is 0 Å². The highest BCUT2D eigenvalue weighted by Gasteiger charge is 2.19. The molecule has 0 aliphatic carbocycles. The molecule has 2 aromatic rings. The zero-order valence-corrected chi connectivity index (χ0v) is 11.4. The molecule has 2 heterocycles. The standard InChI is InChI=1S/C15H16ClN3/c16-13-10-18-15(8-12(13)9-17)19-7-3-5-11-4-1-2-6-14(11)19/h1-2,4,6,8,10H,3,5,7,9,17H2. The van der Waals surface area contributed by atoms with E-state index in [2.05, 4.69) is 34.1 Å². The molecule has 3 rings (SSSR count). The number of anilines is 2. The second-order valence-corrected chi connectivity index (χ2v) is 5.13. The summed E-state index contributed by atoms with van der Waals surface area (Å²) < 4.78 is 0. The van der Waals surface area contributed by atoms with E-state index in [9.17, 15) is 0 Å².